The molecule has 0 atom stereocenters. The van der Waals surface area contributed by atoms with Crippen molar-refractivity contribution in [3.63, 3.8) is 0 Å². The quantitative estimate of drug-likeness (QED) is 0.443. The molecule has 18 heavy (non-hydrogen) atoms. The molecule has 0 bridgehead atoms. The molecule has 4 heteroatoms. The average Bonchev–Trinajstić information content (AvgIpc) is 2.40. The predicted octanol–water partition coefficient (Wildman–Crippen LogP) is 1.60. The Bertz CT molecular complexity index is 278. The lowest BCUT2D eigenvalue weighted by molar-refractivity contribution is 0.104. The zero-order valence-electron chi connectivity index (χ0n) is 12.1. The number of likely N-dealkylation sites (N-methyl/N-ethyl adjacent to an activating group) is 1. The minimum atomic E-state index is 0.282. The highest BCUT2D eigenvalue weighted by Gasteiger charge is 2.34. The monoisotopic (exact) mass is 252 g/mol. The van der Waals surface area contributed by atoms with E-state index in [0.29, 0.717) is 0 Å². The average molecular weight is 252 g/mol. The topological polar surface area (TPSA) is 39.7 Å². The Hall–Kier alpha value is -1.03. The Morgan fingerprint density at radius 2 is 1.94 bits per heavy atom. The first kappa shape index (κ1) is 15.0. The van der Waals surface area contributed by atoms with Gasteiger partial charge in [0.1, 0.15) is 0 Å². The summed E-state index contributed by atoms with van der Waals surface area (Å²) in [6, 6.07) is 0. The zero-order valence-corrected chi connectivity index (χ0v) is 12.1. The van der Waals surface area contributed by atoms with E-state index < -0.39 is 0 Å². The maximum Gasteiger partial charge on any atom is 0.191 e. The number of nitrogens with one attached hydrogen (secondary N) is 2. The van der Waals surface area contributed by atoms with Gasteiger partial charge >= 0.3 is 0 Å². The van der Waals surface area contributed by atoms with Crippen LogP contribution in [0.4, 0.5) is 0 Å². The van der Waals surface area contributed by atoms with Gasteiger partial charge in [-0.25, -0.2) is 0 Å². The van der Waals surface area contributed by atoms with Gasteiger partial charge in [0.05, 0.1) is 0 Å². The molecule has 1 fully saturated rings. The summed E-state index contributed by atoms with van der Waals surface area (Å²) < 4.78 is 0. The zero-order chi connectivity index (χ0) is 13.4. The molecule has 0 unspecified atom stereocenters. The summed E-state index contributed by atoms with van der Waals surface area (Å²) in [7, 11) is 6.18. The molecule has 1 aliphatic carbocycles. The maximum absolute atomic E-state index is 4.23. The third-order valence-corrected chi connectivity index (χ3v) is 3.96. The number of nitrogens with zero attached hydrogens (tertiary/aromatic N) is 2. The van der Waals surface area contributed by atoms with Crippen molar-refractivity contribution in [2.45, 2.75) is 37.6 Å². The fourth-order valence-electron chi connectivity index (χ4n) is 2.63. The van der Waals surface area contributed by atoms with Gasteiger partial charge in [0.2, 0.25) is 0 Å². The molecule has 1 rings (SSSR count). The van der Waals surface area contributed by atoms with E-state index >= 15 is 0 Å². The molecular formula is C14H28N4. The molecule has 0 aromatic carbocycles. The summed E-state index contributed by atoms with van der Waals surface area (Å²) in [4.78, 5) is 6.60. The molecule has 0 aromatic rings. The third-order valence-electron chi connectivity index (χ3n) is 3.96. The molecule has 0 aromatic heterocycles. The highest BCUT2D eigenvalue weighted by molar-refractivity contribution is 5.79. The summed E-state index contributed by atoms with van der Waals surface area (Å²) in [5, 5.41) is 6.66. The van der Waals surface area contributed by atoms with Gasteiger partial charge in [0, 0.05) is 25.7 Å². The summed E-state index contributed by atoms with van der Waals surface area (Å²) in [6.45, 7) is 5.41. The van der Waals surface area contributed by atoms with Crippen LogP contribution < -0.4 is 10.6 Å². The first-order chi connectivity index (χ1) is 8.64. The van der Waals surface area contributed by atoms with Gasteiger partial charge < -0.3 is 15.5 Å². The van der Waals surface area contributed by atoms with Gasteiger partial charge in [-0.1, -0.05) is 25.3 Å². The normalized spacial score (nSPS) is 19.7. The Balaban J connectivity index is 2.53. The van der Waals surface area contributed by atoms with Crippen molar-refractivity contribution in [1.82, 2.24) is 15.5 Å². The van der Waals surface area contributed by atoms with Crippen molar-refractivity contribution in [2.24, 2.45) is 4.99 Å². The molecule has 0 spiro atoms. The van der Waals surface area contributed by atoms with Crippen LogP contribution in [0.5, 0.6) is 0 Å². The molecule has 0 saturated heterocycles. The van der Waals surface area contributed by atoms with Crippen LogP contribution in [-0.4, -0.2) is 50.6 Å². The number of rotatable bonds is 5. The number of hydrogen-bond acceptors (Lipinski definition) is 2. The largest absolute Gasteiger partial charge is 0.355 e. The minimum absolute atomic E-state index is 0.282. The van der Waals surface area contributed by atoms with Gasteiger partial charge in [0.15, 0.2) is 5.96 Å². The summed E-state index contributed by atoms with van der Waals surface area (Å²) >= 11 is 0. The van der Waals surface area contributed by atoms with E-state index in [1.807, 2.05) is 13.1 Å². The highest BCUT2D eigenvalue weighted by atomic mass is 15.2. The first-order valence-electron chi connectivity index (χ1n) is 6.87. The van der Waals surface area contributed by atoms with Gasteiger partial charge in [-0.15, -0.1) is 6.58 Å². The van der Waals surface area contributed by atoms with E-state index in [2.05, 4.69) is 41.2 Å². The second-order valence-corrected chi connectivity index (χ2v) is 5.27. The van der Waals surface area contributed by atoms with Crippen molar-refractivity contribution in [3.8, 4) is 0 Å². The van der Waals surface area contributed by atoms with Gasteiger partial charge in [0.25, 0.3) is 0 Å². The molecule has 0 heterocycles. The third kappa shape index (κ3) is 4.02. The molecule has 0 radical (unpaired) electrons. The number of aliphatic imine (C=N–C) groups is 1. The maximum atomic E-state index is 4.23. The standard InChI is InChI=1S/C14H28N4/c1-5-11-16-13(15-2)17-12-14(18(3)4)9-7-6-8-10-14/h5H,1,6-12H2,2-4H3,(H2,15,16,17). The summed E-state index contributed by atoms with van der Waals surface area (Å²) in [5.74, 6) is 0.863. The molecule has 0 aliphatic heterocycles. The van der Waals surface area contributed by atoms with Crippen molar-refractivity contribution < 1.29 is 0 Å². The Kier molecular flexibility index (Phi) is 6.19. The summed E-state index contributed by atoms with van der Waals surface area (Å²) in [5.41, 5.74) is 0.282. The molecule has 4 nitrogen and oxygen atoms in total. The molecule has 1 saturated carbocycles. The van der Waals surface area contributed by atoms with Crippen LogP contribution in [0.15, 0.2) is 17.6 Å². The van der Waals surface area contributed by atoms with E-state index in [9.17, 15) is 0 Å². The number of hydrogen-bond donors (Lipinski definition) is 2. The van der Waals surface area contributed by atoms with E-state index in [1.165, 1.54) is 32.1 Å². The second kappa shape index (κ2) is 7.41. The second-order valence-electron chi connectivity index (χ2n) is 5.27. The van der Waals surface area contributed by atoms with E-state index in [4.69, 9.17) is 0 Å². The van der Waals surface area contributed by atoms with Gasteiger partial charge in [-0.3, -0.25) is 4.99 Å². The van der Waals surface area contributed by atoms with Crippen molar-refractivity contribution in [3.05, 3.63) is 12.7 Å². The lowest BCUT2D eigenvalue weighted by Crippen LogP contribution is -2.55. The lowest BCUT2D eigenvalue weighted by Gasteiger charge is -2.43. The van der Waals surface area contributed by atoms with Crippen LogP contribution >= 0.6 is 0 Å². The van der Waals surface area contributed by atoms with Crippen LogP contribution in [0.2, 0.25) is 0 Å². The molecular weight excluding hydrogens is 224 g/mol. The molecule has 2 N–H and O–H groups in total. The predicted molar refractivity (Wildman–Crippen MR) is 79.1 cm³/mol. The number of guanidine groups is 1. The highest BCUT2D eigenvalue weighted by Crippen LogP contribution is 2.31. The SMILES string of the molecule is C=CCNC(=NC)NCC1(N(C)C)CCCCC1. The van der Waals surface area contributed by atoms with Crippen LogP contribution in [0.3, 0.4) is 0 Å². The fraction of sp³-hybridized carbons (Fsp3) is 0.786. The summed E-state index contributed by atoms with van der Waals surface area (Å²) in [6.07, 6.45) is 8.42. The van der Waals surface area contributed by atoms with Gasteiger partial charge in [-0.2, -0.15) is 0 Å². The first-order valence-corrected chi connectivity index (χ1v) is 6.87. The van der Waals surface area contributed by atoms with Crippen molar-refractivity contribution in [2.75, 3.05) is 34.2 Å². The minimum Gasteiger partial charge on any atom is -0.355 e. The van der Waals surface area contributed by atoms with E-state index in [-0.39, 0.29) is 5.54 Å². The molecule has 0 amide bonds. The Labute approximate surface area is 112 Å². The van der Waals surface area contributed by atoms with Crippen molar-refractivity contribution >= 4 is 5.96 Å². The molecule has 104 valence electrons. The fourth-order valence-corrected chi connectivity index (χ4v) is 2.63. The van der Waals surface area contributed by atoms with E-state index in [0.717, 1.165) is 19.0 Å². The Morgan fingerprint density at radius 3 is 2.44 bits per heavy atom. The molecule has 1 aliphatic rings. The van der Waals surface area contributed by atoms with Crippen LogP contribution in [0.1, 0.15) is 32.1 Å². The van der Waals surface area contributed by atoms with Crippen LogP contribution in [-0.2, 0) is 0 Å². The van der Waals surface area contributed by atoms with Crippen LogP contribution in [0, 0.1) is 0 Å². The smallest absolute Gasteiger partial charge is 0.191 e. The van der Waals surface area contributed by atoms with E-state index in [1.54, 1.807) is 0 Å². The van der Waals surface area contributed by atoms with Crippen LogP contribution in [0.25, 0.3) is 0 Å². The Morgan fingerprint density at radius 1 is 1.28 bits per heavy atom. The van der Waals surface area contributed by atoms with Crippen molar-refractivity contribution in [1.29, 1.82) is 0 Å². The lowest BCUT2D eigenvalue weighted by atomic mass is 9.80. The van der Waals surface area contributed by atoms with Gasteiger partial charge in [-0.05, 0) is 26.9 Å².